The van der Waals surface area contributed by atoms with Crippen LogP contribution in [0.3, 0.4) is 0 Å². The zero-order valence-electron chi connectivity index (χ0n) is 12.2. The van der Waals surface area contributed by atoms with Gasteiger partial charge in [-0.05, 0) is 53.8 Å². The van der Waals surface area contributed by atoms with E-state index in [4.69, 9.17) is 5.73 Å². The summed E-state index contributed by atoms with van der Waals surface area (Å²) >= 11 is 0. The van der Waals surface area contributed by atoms with Gasteiger partial charge in [0, 0.05) is 23.6 Å². The van der Waals surface area contributed by atoms with Crippen LogP contribution >= 0.6 is 0 Å². The molecule has 3 N–H and O–H groups in total. The van der Waals surface area contributed by atoms with E-state index in [1.54, 1.807) is 12.3 Å². The Morgan fingerprint density at radius 2 is 1.83 bits per heavy atom. The lowest BCUT2D eigenvalue weighted by Crippen LogP contribution is -2.09. The van der Waals surface area contributed by atoms with Crippen molar-refractivity contribution in [3.63, 3.8) is 0 Å². The van der Waals surface area contributed by atoms with Crippen molar-refractivity contribution in [2.45, 2.75) is 18.3 Å². The van der Waals surface area contributed by atoms with Crippen molar-refractivity contribution < 1.29 is 13.2 Å². The molecule has 0 radical (unpaired) electrons. The molecule has 1 aromatic heterocycles. The number of aromatic amines is 1. The van der Waals surface area contributed by atoms with Gasteiger partial charge in [0.05, 0.1) is 5.52 Å². The van der Waals surface area contributed by atoms with Gasteiger partial charge >= 0.3 is 0 Å². The minimum atomic E-state index is -0.614. The van der Waals surface area contributed by atoms with Gasteiger partial charge < -0.3 is 10.7 Å². The van der Waals surface area contributed by atoms with E-state index in [9.17, 15) is 13.2 Å². The zero-order chi connectivity index (χ0) is 16.1. The Morgan fingerprint density at radius 3 is 2.61 bits per heavy atom. The van der Waals surface area contributed by atoms with Crippen LogP contribution in [0.15, 0.2) is 36.5 Å². The van der Waals surface area contributed by atoms with Crippen molar-refractivity contribution in [2.75, 3.05) is 6.54 Å². The summed E-state index contributed by atoms with van der Waals surface area (Å²) in [5, 5.41) is 0.393. The van der Waals surface area contributed by atoms with E-state index < -0.39 is 11.6 Å². The Balaban J connectivity index is 1.90. The van der Waals surface area contributed by atoms with Crippen LogP contribution in [0.1, 0.15) is 34.9 Å². The summed E-state index contributed by atoms with van der Waals surface area (Å²) in [4.78, 5) is 2.94. The second kappa shape index (κ2) is 5.13. The Hall–Kier alpha value is -2.27. The summed E-state index contributed by atoms with van der Waals surface area (Å²) in [5.41, 5.74) is 8.86. The molecule has 0 bridgehead atoms. The predicted octanol–water partition coefficient (Wildman–Crippen LogP) is 4.16. The maximum atomic E-state index is 14.3. The summed E-state index contributed by atoms with van der Waals surface area (Å²) in [6.07, 6.45) is 2.41. The highest BCUT2D eigenvalue weighted by Crippen LogP contribution is 2.47. The number of H-pyrrole nitrogens is 1. The van der Waals surface area contributed by atoms with Gasteiger partial charge in [0.2, 0.25) is 0 Å². The lowest BCUT2D eigenvalue weighted by Gasteiger charge is -2.11. The van der Waals surface area contributed by atoms with Gasteiger partial charge in [0.1, 0.15) is 17.5 Å². The number of rotatable bonds is 2. The number of fused-ring (bicyclic) bond motifs is 2. The molecular formula is C18H15F3N2. The molecule has 4 rings (SSSR count). The van der Waals surface area contributed by atoms with Crippen LogP contribution in [0, 0.1) is 17.5 Å². The van der Waals surface area contributed by atoms with Crippen LogP contribution < -0.4 is 5.73 Å². The largest absolute Gasteiger partial charge is 0.361 e. The van der Waals surface area contributed by atoms with E-state index >= 15 is 0 Å². The first-order valence-corrected chi connectivity index (χ1v) is 7.54. The Bertz CT molecular complexity index is 901. The molecule has 2 aromatic carbocycles. The average molecular weight is 316 g/mol. The maximum absolute atomic E-state index is 14.3. The fourth-order valence-electron chi connectivity index (χ4n) is 3.76. The summed E-state index contributed by atoms with van der Waals surface area (Å²) in [6.45, 7) is 0.409. The third kappa shape index (κ3) is 2.15. The SMILES string of the molecule is NC[C@H]1C[C@@H](c2c[nH]c3cc(F)cc(F)c23)c2ccc(F)cc21. The Kier molecular flexibility index (Phi) is 3.20. The number of benzene rings is 2. The highest BCUT2D eigenvalue weighted by atomic mass is 19.1. The molecule has 0 fully saturated rings. The highest BCUT2D eigenvalue weighted by Gasteiger charge is 2.33. The minimum Gasteiger partial charge on any atom is -0.361 e. The van der Waals surface area contributed by atoms with E-state index in [0.717, 1.165) is 22.8 Å². The standard InChI is InChI=1S/C18H15F3N2/c19-10-1-2-12-13(4-10)9(7-22)3-14(12)15-8-23-17-6-11(20)5-16(21)18(15)17/h1-2,4-6,8-9,14,23H,3,7,22H2/t9-,14-/m1/s1. The Labute approximate surface area is 131 Å². The predicted molar refractivity (Wildman–Crippen MR) is 82.9 cm³/mol. The van der Waals surface area contributed by atoms with Crippen molar-refractivity contribution in [1.82, 2.24) is 4.98 Å². The lowest BCUT2D eigenvalue weighted by molar-refractivity contribution is 0.590. The number of aromatic nitrogens is 1. The van der Waals surface area contributed by atoms with Crippen LogP contribution in [-0.2, 0) is 0 Å². The molecule has 0 unspecified atom stereocenters. The number of hydrogen-bond donors (Lipinski definition) is 2. The van der Waals surface area contributed by atoms with Crippen LogP contribution in [0.2, 0.25) is 0 Å². The van der Waals surface area contributed by atoms with E-state index in [-0.39, 0.29) is 17.7 Å². The third-order valence-electron chi connectivity index (χ3n) is 4.77. The monoisotopic (exact) mass is 316 g/mol. The maximum Gasteiger partial charge on any atom is 0.135 e. The smallest absolute Gasteiger partial charge is 0.135 e. The molecule has 23 heavy (non-hydrogen) atoms. The third-order valence-corrected chi connectivity index (χ3v) is 4.77. The molecule has 0 saturated heterocycles. The Morgan fingerprint density at radius 1 is 1.00 bits per heavy atom. The average Bonchev–Trinajstić information content (AvgIpc) is 3.07. The first-order valence-electron chi connectivity index (χ1n) is 7.54. The topological polar surface area (TPSA) is 41.8 Å². The van der Waals surface area contributed by atoms with Crippen LogP contribution in [0.5, 0.6) is 0 Å². The fourth-order valence-corrected chi connectivity index (χ4v) is 3.76. The minimum absolute atomic E-state index is 0.0409. The van der Waals surface area contributed by atoms with Crippen molar-refractivity contribution in [2.24, 2.45) is 5.73 Å². The molecule has 0 saturated carbocycles. The van der Waals surface area contributed by atoms with Crippen molar-refractivity contribution in [3.05, 3.63) is 70.7 Å². The number of halogens is 3. The quantitative estimate of drug-likeness (QED) is 0.732. The molecule has 1 aliphatic rings. The van der Waals surface area contributed by atoms with Gasteiger partial charge in [-0.3, -0.25) is 0 Å². The van der Waals surface area contributed by atoms with Crippen LogP contribution in [0.25, 0.3) is 10.9 Å². The van der Waals surface area contributed by atoms with Gasteiger partial charge in [0.25, 0.3) is 0 Å². The number of hydrogen-bond acceptors (Lipinski definition) is 1. The molecule has 0 aliphatic heterocycles. The van der Waals surface area contributed by atoms with Gasteiger partial charge in [-0.25, -0.2) is 13.2 Å². The van der Waals surface area contributed by atoms with Gasteiger partial charge in [0.15, 0.2) is 0 Å². The molecular weight excluding hydrogens is 301 g/mol. The van der Waals surface area contributed by atoms with E-state index in [0.29, 0.717) is 23.9 Å². The van der Waals surface area contributed by atoms with Crippen molar-refractivity contribution in [3.8, 4) is 0 Å². The molecule has 3 aromatic rings. The number of nitrogens with two attached hydrogens (primary N) is 1. The van der Waals surface area contributed by atoms with Gasteiger partial charge in [-0.15, -0.1) is 0 Å². The summed E-state index contributed by atoms with van der Waals surface area (Å²) < 4.78 is 41.2. The fraction of sp³-hybridized carbons (Fsp3) is 0.222. The second-order valence-corrected chi connectivity index (χ2v) is 6.05. The van der Waals surface area contributed by atoms with Gasteiger partial charge in [-0.1, -0.05) is 6.07 Å². The first-order chi connectivity index (χ1) is 11.1. The van der Waals surface area contributed by atoms with E-state index in [2.05, 4.69) is 4.98 Å². The summed E-state index contributed by atoms with van der Waals surface area (Å²) in [5.74, 6) is -1.53. The van der Waals surface area contributed by atoms with Gasteiger partial charge in [-0.2, -0.15) is 0 Å². The van der Waals surface area contributed by atoms with E-state index in [1.165, 1.54) is 18.2 Å². The van der Waals surface area contributed by atoms with Crippen molar-refractivity contribution >= 4 is 10.9 Å². The molecule has 2 nitrogen and oxygen atoms in total. The summed E-state index contributed by atoms with van der Waals surface area (Å²) in [7, 11) is 0. The zero-order valence-corrected chi connectivity index (χ0v) is 12.2. The first kappa shape index (κ1) is 14.3. The summed E-state index contributed by atoms with van der Waals surface area (Å²) in [6, 6.07) is 6.84. The normalized spacial score (nSPS) is 20.2. The van der Waals surface area contributed by atoms with E-state index in [1.807, 2.05) is 0 Å². The molecule has 1 aliphatic carbocycles. The highest BCUT2D eigenvalue weighted by molar-refractivity contribution is 5.85. The van der Waals surface area contributed by atoms with Crippen LogP contribution in [-0.4, -0.2) is 11.5 Å². The molecule has 5 heteroatoms. The molecule has 0 amide bonds. The van der Waals surface area contributed by atoms with Crippen molar-refractivity contribution in [1.29, 1.82) is 0 Å². The second-order valence-electron chi connectivity index (χ2n) is 6.05. The molecule has 0 spiro atoms. The lowest BCUT2D eigenvalue weighted by atomic mass is 9.92. The molecule has 118 valence electrons. The molecule has 2 atom stereocenters. The molecule has 1 heterocycles. The number of nitrogens with one attached hydrogen (secondary N) is 1. The van der Waals surface area contributed by atoms with Crippen LogP contribution in [0.4, 0.5) is 13.2 Å².